The molecule has 2 aromatic rings. The van der Waals surface area contributed by atoms with Gasteiger partial charge in [0, 0.05) is 6.04 Å². The molecule has 0 aromatic heterocycles. The van der Waals surface area contributed by atoms with Crippen molar-refractivity contribution in [3.63, 3.8) is 0 Å². The summed E-state index contributed by atoms with van der Waals surface area (Å²) in [5, 5.41) is 13.2. The van der Waals surface area contributed by atoms with Gasteiger partial charge < -0.3 is 5.11 Å². The lowest BCUT2D eigenvalue weighted by Gasteiger charge is -2.31. The quantitative estimate of drug-likeness (QED) is 0.632. The first-order valence-corrected chi connectivity index (χ1v) is 10.7. The van der Waals surface area contributed by atoms with Crippen LogP contribution in [0.25, 0.3) is 0 Å². The lowest BCUT2D eigenvalue weighted by Crippen LogP contribution is -2.55. The standard InChI is InChI=1S/C24H23F3N2O4/c1-2-3-13-23(22(32)33)18-17(20(30)29(21(18)31)16-7-5-4-6-8-16)19(28-23)14-9-11-15(12-10-14)24(25,26)27/h4-12,17-19,28H,2-3,13H2,1H3,(H,32,33). The van der Waals surface area contributed by atoms with Gasteiger partial charge in [0.2, 0.25) is 11.8 Å². The Morgan fingerprint density at radius 3 is 2.24 bits per heavy atom. The molecule has 4 unspecified atom stereocenters. The number of carboxylic acids is 1. The van der Waals surface area contributed by atoms with Crippen LogP contribution in [0.5, 0.6) is 0 Å². The number of carboxylic acid groups (broad SMARTS) is 1. The summed E-state index contributed by atoms with van der Waals surface area (Å²) in [5.41, 5.74) is -1.89. The number of hydrogen-bond donors (Lipinski definition) is 2. The Bertz CT molecular complexity index is 1070. The van der Waals surface area contributed by atoms with Gasteiger partial charge in [0.1, 0.15) is 5.54 Å². The molecule has 174 valence electrons. The average molecular weight is 460 g/mol. The number of fused-ring (bicyclic) bond motifs is 1. The molecule has 2 aliphatic heterocycles. The predicted octanol–water partition coefficient (Wildman–Crippen LogP) is 4.17. The normalized spacial score (nSPS) is 27.2. The van der Waals surface area contributed by atoms with E-state index in [9.17, 15) is 32.7 Å². The molecule has 0 bridgehead atoms. The van der Waals surface area contributed by atoms with E-state index in [2.05, 4.69) is 5.32 Å². The Morgan fingerprint density at radius 2 is 1.70 bits per heavy atom. The van der Waals surface area contributed by atoms with Gasteiger partial charge in [-0.2, -0.15) is 13.2 Å². The number of anilines is 1. The average Bonchev–Trinajstić information content (AvgIpc) is 3.27. The maximum Gasteiger partial charge on any atom is 0.416 e. The molecule has 0 radical (unpaired) electrons. The molecular formula is C24H23F3N2O4. The minimum Gasteiger partial charge on any atom is -0.480 e. The molecule has 2 amide bonds. The molecular weight excluding hydrogens is 437 g/mol. The number of nitrogens with one attached hydrogen (secondary N) is 1. The fourth-order valence-electron chi connectivity index (χ4n) is 4.99. The third kappa shape index (κ3) is 3.70. The van der Waals surface area contributed by atoms with Gasteiger partial charge in [0.05, 0.1) is 23.1 Å². The molecule has 9 heteroatoms. The fourth-order valence-corrected chi connectivity index (χ4v) is 4.99. The smallest absolute Gasteiger partial charge is 0.416 e. The van der Waals surface area contributed by atoms with Crippen LogP contribution in [0.2, 0.25) is 0 Å². The first-order valence-electron chi connectivity index (χ1n) is 10.7. The first kappa shape index (κ1) is 23.0. The summed E-state index contributed by atoms with van der Waals surface area (Å²) >= 11 is 0. The Hall–Kier alpha value is -3.20. The zero-order chi connectivity index (χ0) is 24.0. The van der Waals surface area contributed by atoms with Crippen molar-refractivity contribution in [1.29, 1.82) is 0 Å². The van der Waals surface area contributed by atoms with E-state index in [0.717, 1.165) is 17.0 Å². The second kappa shape index (κ2) is 8.30. The molecule has 4 rings (SSSR count). The number of amides is 2. The molecule has 2 heterocycles. The third-order valence-corrected chi connectivity index (χ3v) is 6.57. The minimum atomic E-state index is -4.53. The van der Waals surface area contributed by atoms with Crippen LogP contribution in [-0.4, -0.2) is 28.4 Å². The highest BCUT2D eigenvalue weighted by Gasteiger charge is 2.68. The Balaban J connectivity index is 1.81. The Kier molecular flexibility index (Phi) is 5.78. The van der Waals surface area contributed by atoms with E-state index in [0.29, 0.717) is 24.1 Å². The largest absolute Gasteiger partial charge is 0.480 e. The van der Waals surface area contributed by atoms with Gasteiger partial charge in [0.15, 0.2) is 0 Å². The summed E-state index contributed by atoms with van der Waals surface area (Å²) in [6, 6.07) is 11.6. The van der Waals surface area contributed by atoms with Gasteiger partial charge >= 0.3 is 12.1 Å². The van der Waals surface area contributed by atoms with Gasteiger partial charge in [-0.3, -0.25) is 19.7 Å². The maximum atomic E-state index is 13.5. The topological polar surface area (TPSA) is 86.7 Å². The number of para-hydroxylation sites is 1. The highest BCUT2D eigenvalue weighted by molar-refractivity contribution is 6.24. The van der Waals surface area contributed by atoms with Crippen molar-refractivity contribution in [2.75, 3.05) is 4.90 Å². The summed E-state index contributed by atoms with van der Waals surface area (Å²) in [7, 11) is 0. The van der Waals surface area contributed by atoms with Crippen LogP contribution in [0.3, 0.4) is 0 Å². The van der Waals surface area contributed by atoms with Crippen molar-refractivity contribution >= 4 is 23.5 Å². The molecule has 33 heavy (non-hydrogen) atoms. The van der Waals surface area contributed by atoms with Crippen LogP contribution in [0.1, 0.15) is 43.4 Å². The lowest BCUT2D eigenvalue weighted by atomic mass is 9.76. The number of aliphatic carboxylic acids is 1. The van der Waals surface area contributed by atoms with E-state index >= 15 is 0 Å². The summed E-state index contributed by atoms with van der Waals surface area (Å²) in [5.74, 6) is -4.66. The van der Waals surface area contributed by atoms with Crippen molar-refractivity contribution in [3.8, 4) is 0 Å². The zero-order valence-corrected chi connectivity index (χ0v) is 17.8. The molecule has 0 aliphatic carbocycles. The summed E-state index contributed by atoms with van der Waals surface area (Å²) in [6.07, 6.45) is -3.25. The molecule has 2 N–H and O–H groups in total. The lowest BCUT2D eigenvalue weighted by molar-refractivity contribution is -0.149. The number of unbranched alkanes of at least 4 members (excludes halogenated alkanes) is 1. The van der Waals surface area contributed by atoms with E-state index in [4.69, 9.17) is 0 Å². The maximum absolute atomic E-state index is 13.5. The number of rotatable bonds is 6. The molecule has 2 aliphatic rings. The van der Waals surface area contributed by atoms with Gasteiger partial charge in [-0.05, 0) is 36.2 Å². The molecule has 0 saturated carbocycles. The van der Waals surface area contributed by atoms with E-state index in [1.54, 1.807) is 30.3 Å². The predicted molar refractivity (Wildman–Crippen MR) is 113 cm³/mol. The van der Waals surface area contributed by atoms with E-state index < -0.39 is 52.9 Å². The van der Waals surface area contributed by atoms with Crippen LogP contribution in [0.15, 0.2) is 54.6 Å². The number of hydrogen-bond acceptors (Lipinski definition) is 4. The Labute approximate surface area is 188 Å². The summed E-state index contributed by atoms with van der Waals surface area (Å²) in [6.45, 7) is 1.88. The molecule has 2 aromatic carbocycles. The SMILES string of the molecule is CCCCC1(C(=O)O)NC(c2ccc(C(F)(F)F)cc2)C2C(=O)N(c3ccccc3)C(=O)C21. The second-order valence-electron chi connectivity index (χ2n) is 8.47. The van der Waals surface area contributed by atoms with Crippen LogP contribution >= 0.6 is 0 Å². The number of carbonyl (C=O) groups excluding carboxylic acids is 2. The molecule has 2 saturated heterocycles. The molecule has 0 spiro atoms. The second-order valence-corrected chi connectivity index (χ2v) is 8.47. The van der Waals surface area contributed by atoms with Crippen molar-refractivity contribution in [3.05, 3.63) is 65.7 Å². The van der Waals surface area contributed by atoms with Crippen LogP contribution in [-0.2, 0) is 20.6 Å². The summed E-state index contributed by atoms with van der Waals surface area (Å²) < 4.78 is 39.1. The number of imide groups is 1. The van der Waals surface area contributed by atoms with Crippen LogP contribution < -0.4 is 10.2 Å². The van der Waals surface area contributed by atoms with Crippen molar-refractivity contribution < 1.29 is 32.7 Å². The van der Waals surface area contributed by atoms with E-state index in [1.165, 1.54) is 12.1 Å². The molecule has 4 atom stereocenters. The van der Waals surface area contributed by atoms with Crippen molar-refractivity contribution in [2.45, 2.75) is 43.9 Å². The number of alkyl halides is 3. The van der Waals surface area contributed by atoms with Gasteiger partial charge in [0.25, 0.3) is 0 Å². The van der Waals surface area contributed by atoms with Crippen molar-refractivity contribution in [2.24, 2.45) is 11.8 Å². The third-order valence-electron chi connectivity index (χ3n) is 6.57. The highest BCUT2D eigenvalue weighted by Crippen LogP contribution is 2.51. The highest BCUT2D eigenvalue weighted by atomic mass is 19.4. The van der Waals surface area contributed by atoms with Gasteiger partial charge in [-0.25, -0.2) is 4.90 Å². The first-order chi connectivity index (χ1) is 15.6. The van der Waals surface area contributed by atoms with E-state index in [1.807, 2.05) is 6.92 Å². The summed E-state index contributed by atoms with van der Waals surface area (Å²) in [4.78, 5) is 40.5. The van der Waals surface area contributed by atoms with Crippen LogP contribution in [0, 0.1) is 11.8 Å². The number of carbonyl (C=O) groups is 3. The van der Waals surface area contributed by atoms with Crippen LogP contribution in [0.4, 0.5) is 18.9 Å². The number of nitrogens with zero attached hydrogens (tertiary/aromatic N) is 1. The zero-order valence-electron chi connectivity index (χ0n) is 17.8. The van der Waals surface area contributed by atoms with Gasteiger partial charge in [-0.15, -0.1) is 0 Å². The number of halogens is 3. The number of benzene rings is 2. The molecule has 2 fully saturated rings. The molecule has 6 nitrogen and oxygen atoms in total. The Morgan fingerprint density at radius 1 is 1.06 bits per heavy atom. The van der Waals surface area contributed by atoms with Gasteiger partial charge in [-0.1, -0.05) is 50.1 Å². The van der Waals surface area contributed by atoms with Crippen molar-refractivity contribution in [1.82, 2.24) is 5.32 Å². The fraction of sp³-hybridized carbons (Fsp3) is 0.375. The monoisotopic (exact) mass is 460 g/mol. The van der Waals surface area contributed by atoms with E-state index in [-0.39, 0.29) is 6.42 Å². The minimum absolute atomic E-state index is 0.110.